The van der Waals surface area contributed by atoms with Crippen LogP contribution in [-0.2, 0) is 14.3 Å². The number of imide groups is 1. The molecule has 1 aromatic rings. The van der Waals surface area contributed by atoms with Crippen molar-refractivity contribution in [2.75, 3.05) is 19.7 Å². The molecular weight excluding hydrogens is 312 g/mol. The fourth-order valence-electron chi connectivity index (χ4n) is 2.25. The van der Waals surface area contributed by atoms with E-state index in [1.54, 1.807) is 12.1 Å². The van der Waals surface area contributed by atoms with Crippen LogP contribution in [0.3, 0.4) is 0 Å². The first-order valence-electron chi connectivity index (χ1n) is 7.77. The lowest BCUT2D eigenvalue weighted by Crippen LogP contribution is -2.37. The Balaban J connectivity index is 1.80. The number of amides is 3. The van der Waals surface area contributed by atoms with Gasteiger partial charge in [0, 0.05) is 6.54 Å². The third kappa shape index (κ3) is 4.18. The van der Waals surface area contributed by atoms with Crippen molar-refractivity contribution in [2.45, 2.75) is 20.3 Å². The van der Waals surface area contributed by atoms with Gasteiger partial charge in [-0.2, -0.15) is 0 Å². The standard InChI is InChI=1S/C17H20N2O5/c1-11(2)7-8-18-14(20)10-24-15(21)9-19-16(22)12-5-3-4-6-13(12)17(19)23/h3-6,11H,7-10H2,1-2H3,(H,18,20). The van der Waals surface area contributed by atoms with Crippen LogP contribution < -0.4 is 5.32 Å². The smallest absolute Gasteiger partial charge is 0.326 e. The molecule has 0 fully saturated rings. The lowest BCUT2D eigenvalue weighted by atomic mass is 10.1. The summed E-state index contributed by atoms with van der Waals surface area (Å²) in [5, 5.41) is 2.63. The predicted molar refractivity (Wildman–Crippen MR) is 85.2 cm³/mol. The number of rotatable bonds is 7. The molecular formula is C17H20N2O5. The number of ether oxygens (including phenoxy) is 1. The van der Waals surface area contributed by atoms with Crippen LogP contribution in [0.5, 0.6) is 0 Å². The van der Waals surface area contributed by atoms with Crippen molar-refractivity contribution in [3.63, 3.8) is 0 Å². The zero-order valence-electron chi connectivity index (χ0n) is 13.7. The molecule has 7 nitrogen and oxygen atoms in total. The summed E-state index contributed by atoms with van der Waals surface area (Å²) in [5.41, 5.74) is 0.531. The minimum atomic E-state index is -0.802. The number of hydrogen-bond acceptors (Lipinski definition) is 5. The Bertz CT molecular complexity index is 634. The number of nitrogens with zero attached hydrogens (tertiary/aromatic N) is 1. The third-order valence-electron chi connectivity index (χ3n) is 3.57. The molecule has 0 aliphatic carbocycles. The van der Waals surface area contributed by atoms with Gasteiger partial charge < -0.3 is 10.1 Å². The van der Waals surface area contributed by atoms with Gasteiger partial charge in [-0.3, -0.25) is 24.1 Å². The van der Waals surface area contributed by atoms with Gasteiger partial charge in [-0.1, -0.05) is 26.0 Å². The van der Waals surface area contributed by atoms with E-state index in [2.05, 4.69) is 5.32 Å². The second kappa shape index (κ2) is 7.72. The summed E-state index contributed by atoms with van der Waals surface area (Å²) >= 11 is 0. The average Bonchev–Trinajstić information content (AvgIpc) is 2.78. The van der Waals surface area contributed by atoms with Gasteiger partial charge in [-0.25, -0.2) is 0 Å². The Hall–Kier alpha value is -2.70. The van der Waals surface area contributed by atoms with Crippen LogP contribution in [0, 0.1) is 5.92 Å². The number of benzene rings is 1. The van der Waals surface area contributed by atoms with E-state index in [4.69, 9.17) is 4.74 Å². The second-order valence-electron chi connectivity index (χ2n) is 5.94. The van der Waals surface area contributed by atoms with Crippen molar-refractivity contribution in [2.24, 2.45) is 5.92 Å². The number of carbonyl (C=O) groups excluding carboxylic acids is 4. The van der Waals surface area contributed by atoms with Crippen molar-refractivity contribution in [3.05, 3.63) is 35.4 Å². The Kier molecular flexibility index (Phi) is 5.68. The summed E-state index contributed by atoms with van der Waals surface area (Å²) in [5.74, 6) is -1.82. The van der Waals surface area contributed by atoms with E-state index in [-0.39, 0.29) is 11.1 Å². The highest BCUT2D eigenvalue weighted by Crippen LogP contribution is 2.21. The number of fused-ring (bicyclic) bond motifs is 1. The minimum Gasteiger partial charge on any atom is -0.454 e. The van der Waals surface area contributed by atoms with Crippen LogP contribution >= 0.6 is 0 Å². The molecule has 24 heavy (non-hydrogen) atoms. The van der Waals surface area contributed by atoms with Crippen molar-refractivity contribution in [1.82, 2.24) is 10.2 Å². The molecule has 0 spiro atoms. The Morgan fingerprint density at radius 3 is 2.25 bits per heavy atom. The van der Waals surface area contributed by atoms with E-state index in [1.807, 2.05) is 13.8 Å². The molecule has 0 radical (unpaired) electrons. The largest absolute Gasteiger partial charge is 0.454 e. The van der Waals surface area contributed by atoms with E-state index in [1.165, 1.54) is 12.1 Å². The summed E-state index contributed by atoms with van der Waals surface area (Å²) in [6.45, 7) is 3.64. The minimum absolute atomic E-state index is 0.265. The van der Waals surface area contributed by atoms with Crippen molar-refractivity contribution >= 4 is 23.7 Å². The van der Waals surface area contributed by atoms with Gasteiger partial charge in [0.15, 0.2) is 6.61 Å². The number of hydrogen-bond donors (Lipinski definition) is 1. The first kappa shape index (κ1) is 17.7. The number of carbonyl (C=O) groups is 4. The Morgan fingerprint density at radius 1 is 1.12 bits per heavy atom. The van der Waals surface area contributed by atoms with E-state index in [0.29, 0.717) is 12.5 Å². The SMILES string of the molecule is CC(C)CCNC(=O)COC(=O)CN1C(=O)c2ccccc2C1=O. The van der Waals surface area contributed by atoms with Gasteiger partial charge in [0.1, 0.15) is 6.54 Å². The quantitative estimate of drug-likeness (QED) is 0.594. The molecule has 1 N–H and O–H groups in total. The molecule has 3 amide bonds. The molecule has 7 heteroatoms. The molecule has 0 unspecified atom stereocenters. The fourth-order valence-corrected chi connectivity index (χ4v) is 2.25. The topological polar surface area (TPSA) is 92.8 Å². The maximum Gasteiger partial charge on any atom is 0.326 e. The molecule has 0 aromatic heterocycles. The van der Waals surface area contributed by atoms with Crippen LogP contribution in [0.4, 0.5) is 0 Å². The highest BCUT2D eigenvalue weighted by atomic mass is 16.5. The molecule has 0 saturated carbocycles. The van der Waals surface area contributed by atoms with Crippen LogP contribution in [0.1, 0.15) is 41.0 Å². The summed E-state index contributed by atoms with van der Waals surface area (Å²) < 4.78 is 4.82. The molecule has 0 atom stereocenters. The van der Waals surface area contributed by atoms with Gasteiger partial charge in [-0.05, 0) is 24.5 Å². The first-order valence-corrected chi connectivity index (χ1v) is 7.77. The van der Waals surface area contributed by atoms with Gasteiger partial charge in [0.2, 0.25) is 0 Å². The fraction of sp³-hybridized carbons (Fsp3) is 0.412. The maximum atomic E-state index is 12.1. The molecule has 1 aromatic carbocycles. The Labute approximate surface area is 140 Å². The van der Waals surface area contributed by atoms with Gasteiger partial charge in [0.05, 0.1) is 11.1 Å². The van der Waals surface area contributed by atoms with Gasteiger partial charge in [0.25, 0.3) is 17.7 Å². The van der Waals surface area contributed by atoms with Crippen molar-refractivity contribution < 1.29 is 23.9 Å². The molecule has 128 valence electrons. The lowest BCUT2D eigenvalue weighted by Gasteiger charge is -2.13. The summed E-state index contributed by atoms with van der Waals surface area (Å²) in [6.07, 6.45) is 0.828. The van der Waals surface area contributed by atoms with Crippen LogP contribution in [0.2, 0.25) is 0 Å². The van der Waals surface area contributed by atoms with E-state index in [9.17, 15) is 19.2 Å². The highest BCUT2D eigenvalue weighted by molar-refractivity contribution is 6.22. The Morgan fingerprint density at radius 2 is 1.71 bits per heavy atom. The summed E-state index contributed by atoms with van der Waals surface area (Å²) in [7, 11) is 0. The predicted octanol–water partition coefficient (Wildman–Crippen LogP) is 0.988. The number of nitrogens with one attached hydrogen (secondary N) is 1. The molecule has 2 rings (SSSR count). The van der Waals surface area contributed by atoms with E-state index in [0.717, 1.165) is 11.3 Å². The summed E-state index contributed by atoms with van der Waals surface area (Å²) in [4.78, 5) is 48.3. The maximum absolute atomic E-state index is 12.1. The van der Waals surface area contributed by atoms with Crippen LogP contribution in [-0.4, -0.2) is 48.3 Å². The molecule has 1 aliphatic heterocycles. The molecule has 0 bridgehead atoms. The molecule has 0 saturated heterocycles. The average molecular weight is 332 g/mol. The van der Waals surface area contributed by atoms with Crippen molar-refractivity contribution in [1.29, 1.82) is 0 Å². The van der Waals surface area contributed by atoms with E-state index < -0.39 is 36.8 Å². The summed E-state index contributed by atoms with van der Waals surface area (Å²) in [6, 6.07) is 6.35. The first-order chi connectivity index (χ1) is 11.4. The highest BCUT2D eigenvalue weighted by Gasteiger charge is 2.36. The lowest BCUT2D eigenvalue weighted by molar-refractivity contribution is -0.148. The third-order valence-corrected chi connectivity index (χ3v) is 3.57. The second-order valence-corrected chi connectivity index (χ2v) is 5.94. The van der Waals surface area contributed by atoms with Crippen LogP contribution in [0.25, 0.3) is 0 Å². The zero-order chi connectivity index (χ0) is 17.7. The number of esters is 1. The van der Waals surface area contributed by atoms with Crippen LogP contribution in [0.15, 0.2) is 24.3 Å². The normalized spacial score (nSPS) is 13.2. The van der Waals surface area contributed by atoms with E-state index >= 15 is 0 Å². The zero-order valence-corrected chi connectivity index (χ0v) is 13.7. The monoisotopic (exact) mass is 332 g/mol. The molecule has 1 heterocycles. The van der Waals surface area contributed by atoms with Gasteiger partial charge >= 0.3 is 5.97 Å². The van der Waals surface area contributed by atoms with Crippen molar-refractivity contribution in [3.8, 4) is 0 Å². The van der Waals surface area contributed by atoms with Gasteiger partial charge in [-0.15, -0.1) is 0 Å². The molecule has 1 aliphatic rings.